The Hall–Kier alpha value is -2.96. The fourth-order valence-electron chi connectivity index (χ4n) is 3.36. The third kappa shape index (κ3) is 2.20. The van der Waals surface area contributed by atoms with Crippen LogP contribution in [0.2, 0.25) is 0 Å². The SMILES string of the molecule is COC(=O)N1CCc2c([nH]c3ncncc23)C1c1cccc(F)c1. The van der Waals surface area contributed by atoms with Crippen LogP contribution in [0.3, 0.4) is 0 Å². The summed E-state index contributed by atoms with van der Waals surface area (Å²) in [5.74, 6) is -0.347. The number of nitrogens with zero attached hydrogens (tertiary/aromatic N) is 3. The van der Waals surface area contributed by atoms with Gasteiger partial charge in [-0.15, -0.1) is 0 Å². The maximum Gasteiger partial charge on any atom is 0.410 e. The van der Waals surface area contributed by atoms with Crippen LogP contribution < -0.4 is 0 Å². The van der Waals surface area contributed by atoms with Crippen molar-refractivity contribution in [2.24, 2.45) is 0 Å². The number of methoxy groups -OCH3 is 1. The molecule has 0 aliphatic carbocycles. The quantitative estimate of drug-likeness (QED) is 0.746. The van der Waals surface area contributed by atoms with Crippen molar-refractivity contribution in [1.29, 1.82) is 0 Å². The number of rotatable bonds is 1. The molecule has 1 N–H and O–H groups in total. The van der Waals surface area contributed by atoms with Crippen molar-refractivity contribution in [2.75, 3.05) is 13.7 Å². The number of H-pyrrole nitrogens is 1. The van der Waals surface area contributed by atoms with Gasteiger partial charge in [-0.25, -0.2) is 19.2 Å². The zero-order valence-corrected chi connectivity index (χ0v) is 13.0. The highest BCUT2D eigenvalue weighted by Gasteiger charge is 2.35. The number of benzene rings is 1. The lowest BCUT2D eigenvalue weighted by molar-refractivity contribution is 0.108. The first-order valence-electron chi connectivity index (χ1n) is 7.59. The summed E-state index contributed by atoms with van der Waals surface area (Å²) in [5, 5.41) is 0.929. The van der Waals surface area contributed by atoms with Gasteiger partial charge in [0.2, 0.25) is 0 Å². The van der Waals surface area contributed by atoms with Crippen LogP contribution >= 0.6 is 0 Å². The molecule has 1 aromatic carbocycles. The van der Waals surface area contributed by atoms with Crippen LogP contribution in [-0.2, 0) is 11.2 Å². The molecule has 3 aromatic rings. The zero-order chi connectivity index (χ0) is 16.7. The van der Waals surface area contributed by atoms with E-state index in [1.807, 2.05) is 0 Å². The van der Waals surface area contributed by atoms with Crippen LogP contribution in [0.15, 0.2) is 36.8 Å². The third-order valence-electron chi connectivity index (χ3n) is 4.38. The monoisotopic (exact) mass is 326 g/mol. The molecular formula is C17H15FN4O2. The summed E-state index contributed by atoms with van der Waals surface area (Å²) >= 11 is 0. The minimum atomic E-state index is -0.453. The Balaban J connectivity index is 1.92. The lowest BCUT2D eigenvalue weighted by Crippen LogP contribution is -2.40. The lowest BCUT2D eigenvalue weighted by Gasteiger charge is -2.35. The predicted octanol–water partition coefficient (Wildman–Crippen LogP) is 2.81. The van der Waals surface area contributed by atoms with Crippen molar-refractivity contribution < 1.29 is 13.9 Å². The average molecular weight is 326 g/mol. The van der Waals surface area contributed by atoms with Crippen LogP contribution in [0.1, 0.15) is 22.9 Å². The number of ether oxygens (including phenoxy) is 1. The van der Waals surface area contributed by atoms with E-state index in [1.165, 1.54) is 25.6 Å². The smallest absolute Gasteiger partial charge is 0.410 e. The number of fused-ring (bicyclic) bond motifs is 3. The van der Waals surface area contributed by atoms with E-state index in [-0.39, 0.29) is 5.82 Å². The molecule has 24 heavy (non-hydrogen) atoms. The van der Waals surface area contributed by atoms with Gasteiger partial charge in [-0.05, 0) is 29.7 Å². The number of carbonyl (C=O) groups excluding carboxylic acids is 1. The Morgan fingerprint density at radius 3 is 3.12 bits per heavy atom. The summed E-state index contributed by atoms with van der Waals surface area (Å²) in [6, 6.07) is 5.80. The van der Waals surface area contributed by atoms with Gasteiger partial charge in [0.25, 0.3) is 0 Å². The van der Waals surface area contributed by atoms with Crippen LogP contribution in [0.4, 0.5) is 9.18 Å². The molecule has 1 amide bonds. The molecule has 0 saturated heterocycles. The van der Waals surface area contributed by atoms with Crippen molar-refractivity contribution >= 4 is 17.1 Å². The number of halogens is 1. The Morgan fingerprint density at radius 1 is 1.46 bits per heavy atom. The fraction of sp³-hybridized carbons (Fsp3) is 0.235. The lowest BCUT2D eigenvalue weighted by atomic mass is 9.93. The third-order valence-corrected chi connectivity index (χ3v) is 4.38. The molecule has 0 saturated carbocycles. The van der Waals surface area contributed by atoms with Crippen molar-refractivity contribution in [3.63, 3.8) is 0 Å². The maximum atomic E-state index is 13.7. The number of hydrogen-bond donors (Lipinski definition) is 1. The first-order valence-corrected chi connectivity index (χ1v) is 7.59. The number of carbonyl (C=O) groups is 1. The van der Waals surface area contributed by atoms with Gasteiger partial charge >= 0.3 is 6.09 Å². The highest BCUT2D eigenvalue weighted by atomic mass is 19.1. The van der Waals surface area contributed by atoms with E-state index in [2.05, 4.69) is 15.0 Å². The molecule has 122 valence electrons. The number of aromatic nitrogens is 3. The summed E-state index contributed by atoms with van der Waals surface area (Å²) in [6.45, 7) is 0.475. The van der Waals surface area contributed by atoms with E-state index < -0.39 is 12.1 Å². The van der Waals surface area contributed by atoms with Gasteiger partial charge in [-0.3, -0.25) is 4.90 Å². The molecule has 6 nitrogen and oxygen atoms in total. The summed E-state index contributed by atoms with van der Waals surface area (Å²) in [4.78, 5) is 25.4. The van der Waals surface area contributed by atoms with E-state index in [0.29, 0.717) is 24.2 Å². The molecule has 0 radical (unpaired) electrons. The zero-order valence-electron chi connectivity index (χ0n) is 13.0. The molecule has 2 aromatic heterocycles. The van der Waals surface area contributed by atoms with E-state index in [9.17, 15) is 9.18 Å². The second kappa shape index (κ2) is 5.59. The van der Waals surface area contributed by atoms with Crippen LogP contribution in [0, 0.1) is 5.82 Å². The number of amides is 1. The van der Waals surface area contributed by atoms with Crippen LogP contribution in [-0.4, -0.2) is 39.6 Å². The molecular weight excluding hydrogens is 311 g/mol. The van der Waals surface area contributed by atoms with Gasteiger partial charge in [0.05, 0.1) is 7.11 Å². The first-order chi connectivity index (χ1) is 11.7. The average Bonchev–Trinajstić information content (AvgIpc) is 2.98. The van der Waals surface area contributed by atoms with Crippen molar-refractivity contribution in [3.05, 3.63) is 59.4 Å². The maximum absolute atomic E-state index is 13.7. The van der Waals surface area contributed by atoms with Gasteiger partial charge < -0.3 is 9.72 Å². The van der Waals surface area contributed by atoms with Crippen molar-refractivity contribution in [3.8, 4) is 0 Å². The molecule has 1 atom stereocenters. The second-order valence-electron chi connectivity index (χ2n) is 5.67. The van der Waals surface area contributed by atoms with Crippen LogP contribution in [0.25, 0.3) is 11.0 Å². The highest BCUT2D eigenvalue weighted by Crippen LogP contribution is 2.38. The predicted molar refractivity (Wildman–Crippen MR) is 84.9 cm³/mol. The topological polar surface area (TPSA) is 71.1 Å². The standard InChI is InChI=1S/C17H15FN4O2/c1-24-17(23)22-6-5-12-13-8-19-9-20-16(13)21-14(12)15(22)10-3-2-4-11(18)7-10/h2-4,7-9,15H,5-6H2,1H3,(H,19,20,21). The summed E-state index contributed by atoms with van der Waals surface area (Å²) in [6.07, 6.45) is 3.44. The molecule has 0 fully saturated rings. The van der Waals surface area contributed by atoms with E-state index in [4.69, 9.17) is 4.74 Å². The van der Waals surface area contributed by atoms with Crippen molar-refractivity contribution in [1.82, 2.24) is 19.9 Å². The molecule has 0 bridgehead atoms. The minimum Gasteiger partial charge on any atom is -0.453 e. The van der Waals surface area contributed by atoms with Gasteiger partial charge in [0.1, 0.15) is 23.8 Å². The highest BCUT2D eigenvalue weighted by molar-refractivity contribution is 5.82. The Labute approximate surface area is 137 Å². The van der Waals surface area contributed by atoms with Gasteiger partial charge in [-0.2, -0.15) is 0 Å². The Kier molecular flexibility index (Phi) is 3.41. The molecule has 1 aliphatic rings. The number of aromatic amines is 1. The Morgan fingerprint density at radius 2 is 2.33 bits per heavy atom. The van der Waals surface area contributed by atoms with E-state index >= 15 is 0 Å². The first kappa shape index (κ1) is 14.6. The molecule has 7 heteroatoms. The number of nitrogens with one attached hydrogen (secondary N) is 1. The summed E-state index contributed by atoms with van der Waals surface area (Å²) < 4.78 is 18.7. The second-order valence-corrected chi connectivity index (χ2v) is 5.67. The molecule has 1 aliphatic heterocycles. The van der Waals surface area contributed by atoms with E-state index in [0.717, 1.165) is 16.6 Å². The minimum absolute atomic E-state index is 0.347. The largest absolute Gasteiger partial charge is 0.453 e. The van der Waals surface area contributed by atoms with E-state index in [1.54, 1.807) is 23.2 Å². The normalized spacial score (nSPS) is 16.9. The van der Waals surface area contributed by atoms with Gasteiger partial charge in [0, 0.05) is 23.8 Å². The molecule has 1 unspecified atom stereocenters. The summed E-state index contributed by atoms with van der Waals surface area (Å²) in [7, 11) is 1.34. The summed E-state index contributed by atoms with van der Waals surface area (Å²) in [5.41, 5.74) is 3.27. The molecule has 3 heterocycles. The number of hydrogen-bond acceptors (Lipinski definition) is 4. The fourth-order valence-corrected chi connectivity index (χ4v) is 3.36. The van der Waals surface area contributed by atoms with Gasteiger partial charge in [0.15, 0.2) is 0 Å². The van der Waals surface area contributed by atoms with Crippen molar-refractivity contribution in [2.45, 2.75) is 12.5 Å². The Bertz CT molecular complexity index is 924. The van der Waals surface area contributed by atoms with Gasteiger partial charge in [-0.1, -0.05) is 12.1 Å². The van der Waals surface area contributed by atoms with Crippen LogP contribution in [0.5, 0.6) is 0 Å². The molecule has 0 spiro atoms. The molecule has 4 rings (SSSR count).